The van der Waals surface area contributed by atoms with Crippen LogP contribution in [0.3, 0.4) is 0 Å². The van der Waals surface area contributed by atoms with E-state index in [1.807, 2.05) is 0 Å². The summed E-state index contributed by atoms with van der Waals surface area (Å²) in [4.78, 5) is 10.2. The van der Waals surface area contributed by atoms with Crippen molar-refractivity contribution in [3.63, 3.8) is 0 Å². The third kappa shape index (κ3) is 2.43. The summed E-state index contributed by atoms with van der Waals surface area (Å²) in [5.41, 5.74) is -0.324. The second kappa shape index (κ2) is 5.06. The lowest BCUT2D eigenvalue weighted by molar-refractivity contribution is -0.384. The zero-order valence-corrected chi connectivity index (χ0v) is 11.3. The Labute approximate surface area is 114 Å². The van der Waals surface area contributed by atoms with Gasteiger partial charge in [0, 0.05) is 5.39 Å². The zero-order valence-electron chi connectivity index (χ0n) is 10.4. The number of fused-ring (bicyclic) bond motifs is 1. The third-order valence-corrected chi connectivity index (χ3v) is 3.63. The van der Waals surface area contributed by atoms with Gasteiger partial charge in [-0.2, -0.15) is 8.42 Å². The molecular formula is C12H11NO6S. The van der Waals surface area contributed by atoms with Crippen molar-refractivity contribution in [3.05, 3.63) is 40.4 Å². The molecule has 7 nitrogen and oxygen atoms in total. The van der Waals surface area contributed by atoms with Crippen LogP contribution in [-0.4, -0.2) is 24.5 Å². The Morgan fingerprint density at radius 1 is 1.25 bits per heavy atom. The van der Waals surface area contributed by atoms with E-state index in [2.05, 4.69) is 0 Å². The largest absolute Gasteiger partial charge is 0.487 e. The predicted octanol–water partition coefficient (Wildman–Crippen LogP) is 2.39. The van der Waals surface area contributed by atoms with Gasteiger partial charge in [0.1, 0.15) is 4.90 Å². The first kappa shape index (κ1) is 14.2. The second-order valence-corrected chi connectivity index (χ2v) is 5.32. The van der Waals surface area contributed by atoms with Crippen LogP contribution < -0.4 is 4.74 Å². The van der Waals surface area contributed by atoms with Crippen LogP contribution in [0.2, 0.25) is 0 Å². The first-order valence-electron chi connectivity index (χ1n) is 5.66. The number of hydrogen-bond acceptors (Lipinski definition) is 5. The van der Waals surface area contributed by atoms with Crippen molar-refractivity contribution >= 4 is 26.6 Å². The molecule has 106 valence electrons. The first-order chi connectivity index (χ1) is 9.36. The molecule has 0 aromatic heterocycles. The van der Waals surface area contributed by atoms with Gasteiger partial charge in [-0.3, -0.25) is 14.7 Å². The highest BCUT2D eigenvalue weighted by molar-refractivity contribution is 7.86. The second-order valence-electron chi connectivity index (χ2n) is 3.93. The molecule has 0 unspecified atom stereocenters. The molecule has 2 aromatic carbocycles. The van der Waals surface area contributed by atoms with E-state index in [9.17, 15) is 18.5 Å². The van der Waals surface area contributed by atoms with E-state index in [1.165, 1.54) is 30.3 Å². The molecule has 0 amide bonds. The van der Waals surface area contributed by atoms with Gasteiger partial charge in [-0.05, 0) is 31.2 Å². The van der Waals surface area contributed by atoms with E-state index in [-0.39, 0.29) is 33.7 Å². The molecule has 1 N–H and O–H groups in total. The number of nitro benzene ring substituents is 1. The maximum Gasteiger partial charge on any atom is 0.318 e. The molecule has 0 aliphatic heterocycles. The molecule has 2 rings (SSSR count). The number of nitrogens with zero attached hydrogens (tertiary/aromatic N) is 1. The van der Waals surface area contributed by atoms with Crippen molar-refractivity contribution in [1.82, 2.24) is 0 Å². The molecule has 0 heterocycles. The lowest BCUT2D eigenvalue weighted by atomic mass is 10.1. The van der Waals surface area contributed by atoms with Gasteiger partial charge in [-0.15, -0.1) is 0 Å². The molecule has 20 heavy (non-hydrogen) atoms. The van der Waals surface area contributed by atoms with Crippen molar-refractivity contribution in [2.24, 2.45) is 0 Å². The van der Waals surface area contributed by atoms with Crippen LogP contribution in [0.15, 0.2) is 35.2 Å². The van der Waals surface area contributed by atoms with Crippen molar-refractivity contribution < 1.29 is 22.6 Å². The number of ether oxygens (including phenoxy) is 1. The van der Waals surface area contributed by atoms with Crippen LogP contribution in [0.5, 0.6) is 5.75 Å². The summed E-state index contributed by atoms with van der Waals surface area (Å²) in [6.45, 7) is 1.92. The van der Waals surface area contributed by atoms with E-state index < -0.39 is 15.0 Å². The minimum atomic E-state index is -4.46. The summed E-state index contributed by atoms with van der Waals surface area (Å²) >= 11 is 0. The normalized spacial score (nSPS) is 11.5. The smallest absolute Gasteiger partial charge is 0.318 e. The molecule has 0 aliphatic rings. The Kier molecular flexibility index (Phi) is 3.60. The van der Waals surface area contributed by atoms with Crippen LogP contribution in [0.25, 0.3) is 10.8 Å². The fraction of sp³-hybridized carbons (Fsp3) is 0.167. The van der Waals surface area contributed by atoms with E-state index in [4.69, 9.17) is 9.29 Å². The molecule has 0 spiro atoms. The molecule has 0 fully saturated rings. The molecule has 0 saturated heterocycles. The van der Waals surface area contributed by atoms with Crippen LogP contribution in [-0.2, 0) is 10.1 Å². The summed E-state index contributed by atoms with van der Waals surface area (Å²) < 4.78 is 36.9. The molecule has 0 radical (unpaired) electrons. The van der Waals surface area contributed by atoms with Crippen molar-refractivity contribution in [2.45, 2.75) is 11.8 Å². The lowest BCUT2D eigenvalue weighted by Crippen LogP contribution is -2.02. The lowest BCUT2D eigenvalue weighted by Gasteiger charge is -2.08. The van der Waals surface area contributed by atoms with E-state index >= 15 is 0 Å². The minimum Gasteiger partial charge on any atom is -0.487 e. The third-order valence-electron chi connectivity index (χ3n) is 2.72. The van der Waals surface area contributed by atoms with Crippen molar-refractivity contribution in [1.29, 1.82) is 0 Å². The number of hydrogen-bond donors (Lipinski definition) is 1. The predicted molar refractivity (Wildman–Crippen MR) is 71.6 cm³/mol. The summed E-state index contributed by atoms with van der Waals surface area (Å²) in [5, 5.41) is 11.4. The fourth-order valence-electron chi connectivity index (χ4n) is 1.98. The van der Waals surface area contributed by atoms with E-state index in [1.54, 1.807) is 6.92 Å². The van der Waals surface area contributed by atoms with Crippen LogP contribution in [0.1, 0.15) is 6.92 Å². The molecule has 0 aliphatic carbocycles. The maximum absolute atomic E-state index is 11.3. The SMILES string of the molecule is CCOc1ccc2c(S(=O)(=O)O)cccc2c1[N+](=O)[O-]. The van der Waals surface area contributed by atoms with Crippen molar-refractivity contribution in [3.8, 4) is 5.75 Å². The van der Waals surface area contributed by atoms with Crippen molar-refractivity contribution in [2.75, 3.05) is 6.61 Å². The van der Waals surface area contributed by atoms with Gasteiger partial charge in [-0.25, -0.2) is 0 Å². The summed E-state index contributed by atoms with van der Waals surface area (Å²) in [6.07, 6.45) is 0. The standard InChI is InChI=1S/C12H11NO6S/c1-2-19-10-7-6-8-9(12(10)13(14)15)4-3-5-11(8)20(16,17)18/h3-7H,2H2,1H3,(H,16,17,18). The van der Waals surface area contributed by atoms with Gasteiger partial charge in [0.15, 0.2) is 5.75 Å². The van der Waals surface area contributed by atoms with Crippen LogP contribution in [0.4, 0.5) is 5.69 Å². The Bertz CT molecular complexity index is 784. The number of benzene rings is 2. The van der Waals surface area contributed by atoms with Gasteiger partial charge in [0.25, 0.3) is 10.1 Å². The number of nitro groups is 1. The van der Waals surface area contributed by atoms with Gasteiger partial charge < -0.3 is 4.74 Å². The minimum absolute atomic E-state index is 0.0532. The highest BCUT2D eigenvalue weighted by atomic mass is 32.2. The Hall–Kier alpha value is -2.19. The van der Waals surface area contributed by atoms with E-state index in [0.29, 0.717) is 0 Å². The quantitative estimate of drug-likeness (QED) is 0.527. The molecule has 0 saturated carbocycles. The maximum atomic E-state index is 11.3. The Morgan fingerprint density at radius 2 is 1.95 bits per heavy atom. The van der Waals surface area contributed by atoms with Gasteiger partial charge in [0.05, 0.1) is 16.9 Å². The summed E-state index contributed by atoms with van der Waals surface area (Å²) in [5.74, 6) is 0.0532. The summed E-state index contributed by atoms with van der Waals surface area (Å²) in [7, 11) is -4.46. The highest BCUT2D eigenvalue weighted by Gasteiger charge is 2.23. The summed E-state index contributed by atoms with van der Waals surface area (Å²) in [6, 6.07) is 6.61. The van der Waals surface area contributed by atoms with Gasteiger partial charge >= 0.3 is 5.69 Å². The number of rotatable bonds is 4. The molecule has 8 heteroatoms. The van der Waals surface area contributed by atoms with E-state index in [0.717, 1.165) is 0 Å². The zero-order chi connectivity index (χ0) is 14.9. The monoisotopic (exact) mass is 297 g/mol. The highest BCUT2D eigenvalue weighted by Crippen LogP contribution is 2.37. The van der Waals surface area contributed by atoms with Gasteiger partial charge in [-0.1, -0.05) is 6.07 Å². The molecular weight excluding hydrogens is 286 g/mol. The molecule has 0 bridgehead atoms. The average molecular weight is 297 g/mol. The first-order valence-corrected chi connectivity index (χ1v) is 7.10. The molecule has 2 aromatic rings. The topological polar surface area (TPSA) is 107 Å². The average Bonchev–Trinajstić information content (AvgIpc) is 2.36. The van der Waals surface area contributed by atoms with Crippen LogP contribution in [0, 0.1) is 10.1 Å². The van der Waals surface area contributed by atoms with Crippen LogP contribution >= 0.6 is 0 Å². The Balaban J connectivity index is 2.89. The van der Waals surface area contributed by atoms with Gasteiger partial charge in [0.2, 0.25) is 0 Å². The fourth-order valence-corrected chi connectivity index (χ4v) is 2.68. The molecule has 0 atom stereocenters. The Morgan fingerprint density at radius 3 is 2.50 bits per heavy atom.